The van der Waals surface area contributed by atoms with Crippen molar-refractivity contribution in [3.8, 4) is 5.75 Å². The molecule has 0 radical (unpaired) electrons. The van der Waals surface area contributed by atoms with Gasteiger partial charge >= 0.3 is 0 Å². The molecule has 1 atom stereocenters. The van der Waals surface area contributed by atoms with E-state index >= 15 is 0 Å². The fraction of sp³-hybridized carbons (Fsp3) is 0.222. The molecule has 2 aromatic carbocycles. The summed E-state index contributed by atoms with van der Waals surface area (Å²) in [5, 5.41) is 3.57. The highest BCUT2D eigenvalue weighted by molar-refractivity contribution is 7.99. The van der Waals surface area contributed by atoms with Crippen molar-refractivity contribution in [2.24, 2.45) is 0 Å². The summed E-state index contributed by atoms with van der Waals surface area (Å²) in [6.07, 6.45) is 0. The van der Waals surface area contributed by atoms with Gasteiger partial charge in [-0.25, -0.2) is 9.37 Å². The molecule has 3 aromatic rings. The van der Waals surface area contributed by atoms with E-state index in [0.29, 0.717) is 5.16 Å². The van der Waals surface area contributed by atoms with E-state index in [9.17, 15) is 9.18 Å². The number of halogens is 1. The lowest BCUT2D eigenvalue weighted by Gasteiger charge is -2.13. The zero-order valence-electron chi connectivity index (χ0n) is 13.9. The number of amides is 1. The van der Waals surface area contributed by atoms with Crippen LogP contribution in [0.25, 0.3) is 11.0 Å². The van der Waals surface area contributed by atoms with Crippen LogP contribution in [0.5, 0.6) is 5.75 Å². The summed E-state index contributed by atoms with van der Waals surface area (Å²) in [5.41, 5.74) is 2.54. The van der Waals surface area contributed by atoms with E-state index in [2.05, 4.69) is 15.3 Å². The highest BCUT2D eigenvalue weighted by atomic mass is 32.2. The molecule has 0 aliphatic rings. The van der Waals surface area contributed by atoms with Crippen molar-refractivity contribution in [3.05, 3.63) is 53.8 Å². The first kappa shape index (κ1) is 17.3. The number of aromatic amines is 1. The first-order valence-corrected chi connectivity index (χ1v) is 8.75. The third kappa shape index (κ3) is 4.30. The maximum atomic E-state index is 12.9. The van der Waals surface area contributed by atoms with Gasteiger partial charge in [-0.05, 0) is 36.8 Å². The summed E-state index contributed by atoms with van der Waals surface area (Å²) >= 11 is 1.33. The van der Waals surface area contributed by atoms with Gasteiger partial charge in [0.15, 0.2) is 5.16 Å². The number of thioether (sulfide) groups is 1. The van der Waals surface area contributed by atoms with Crippen LogP contribution >= 0.6 is 11.8 Å². The van der Waals surface area contributed by atoms with Crippen LogP contribution in [0.2, 0.25) is 0 Å². The van der Waals surface area contributed by atoms with Crippen molar-refractivity contribution in [3.63, 3.8) is 0 Å². The van der Waals surface area contributed by atoms with Gasteiger partial charge in [0, 0.05) is 6.07 Å². The van der Waals surface area contributed by atoms with E-state index < -0.39 is 0 Å². The molecule has 1 amide bonds. The first-order valence-electron chi connectivity index (χ1n) is 7.76. The third-order valence-corrected chi connectivity index (χ3v) is 4.63. The lowest BCUT2D eigenvalue weighted by Crippen LogP contribution is -2.28. The molecule has 1 aromatic heterocycles. The number of aromatic nitrogens is 2. The second-order valence-corrected chi connectivity index (χ2v) is 6.52. The van der Waals surface area contributed by atoms with Gasteiger partial charge < -0.3 is 15.0 Å². The number of nitrogens with zero attached hydrogens (tertiary/aromatic N) is 1. The van der Waals surface area contributed by atoms with Crippen LogP contribution in [0.15, 0.2) is 47.6 Å². The Labute approximate surface area is 149 Å². The van der Waals surface area contributed by atoms with Crippen molar-refractivity contribution in [2.45, 2.75) is 18.1 Å². The number of carbonyl (C=O) groups is 1. The fourth-order valence-corrected chi connectivity index (χ4v) is 3.11. The minimum Gasteiger partial charge on any atom is -0.497 e. The number of rotatable bonds is 6. The number of carbonyl (C=O) groups excluding carboxylic acids is 1. The molecule has 0 unspecified atom stereocenters. The Bertz CT molecular complexity index is 880. The van der Waals surface area contributed by atoms with Gasteiger partial charge in [-0.2, -0.15) is 0 Å². The van der Waals surface area contributed by atoms with Gasteiger partial charge in [0.2, 0.25) is 5.91 Å². The quantitative estimate of drug-likeness (QED) is 0.659. The van der Waals surface area contributed by atoms with E-state index in [-0.39, 0.29) is 23.5 Å². The Balaban J connectivity index is 1.57. The van der Waals surface area contributed by atoms with Crippen LogP contribution in [0.1, 0.15) is 18.5 Å². The normalized spacial score (nSPS) is 12.1. The van der Waals surface area contributed by atoms with Gasteiger partial charge in [0.05, 0.1) is 29.9 Å². The maximum Gasteiger partial charge on any atom is 0.230 e. The molecule has 0 saturated heterocycles. The van der Waals surface area contributed by atoms with Crippen LogP contribution in [0, 0.1) is 5.82 Å². The van der Waals surface area contributed by atoms with Crippen molar-refractivity contribution in [1.29, 1.82) is 0 Å². The molecule has 0 bridgehead atoms. The summed E-state index contributed by atoms with van der Waals surface area (Å²) in [7, 11) is 1.61. The molecule has 2 N–H and O–H groups in total. The average Bonchev–Trinajstić information content (AvgIpc) is 3.02. The number of ether oxygens (including phenoxy) is 1. The Kier molecular flexibility index (Phi) is 5.23. The summed E-state index contributed by atoms with van der Waals surface area (Å²) in [6.45, 7) is 1.86. The van der Waals surface area contributed by atoms with Crippen LogP contribution in [0.3, 0.4) is 0 Å². The van der Waals surface area contributed by atoms with Crippen molar-refractivity contribution in [2.75, 3.05) is 12.9 Å². The molecule has 7 heteroatoms. The topological polar surface area (TPSA) is 67.0 Å². The highest BCUT2D eigenvalue weighted by Gasteiger charge is 2.12. The maximum absolute atomic E-state index is 12.9. The largest absolute Gasteiger partial charge is 0.497 e. The number of benzene rings is 2. The molecular weight excluding hydrogens is 341 g/mol. The summed E-state index contributed by atoms with van der Waals surface area (Å²) in [6, 6.07) is 11.5. The van der Waals surface area contributed by atoms with Gasteiger partial charge in [-0.1, -0.05) is 23.9 Å². The zero-order chi connectivity index (χ0) is 17.8. The molecule has 0 spiro atoms. The average molecular weight is 359 g/mol. The Morgan fingerprint density at radius 3 is 2.80 bits per heavy atom. The van der Waals surface area contributed by atoms with Crippen LogP contribution in [-0.4, -0.2) is 28.7 Å². The van der Waals surface area contributed by atoms with E-state index in [1.165, 1.54) is 23.9 Å². The summed E-state index contributed by atoms with van der Waals surface area (Å²) < 4.78 is 18.1. The van der Waals surface area contributed by atoms with Gasteiger partial charge in [-0.3, -0.25) is 4.79 Å². The second kappa shape index (κ2) is 7.57. The number of hydrogen-bond acceptors (Lipinski definition) is 4. The predicted octanol–water partition coefficient (Wildman–Crippen LogP) is 3.68. The molecule has 25 heavy (non-hydrogen) atoms. The van der Waals surface area contributed by atoms with E-state index in [1.807, 2.05) is 25.1 Å². The number of nitrogens with one attached hydrogen (secondary N) is 2. The van der Waals surface area contributed by atoms with Gasteiger partial charge in [0.25, 0.3) is 0 Å². The Morgan fingerprint density at radius 1 is 1.32 bits per heavy atom. The molecule has 0 aliphatic heterocycles. The summed E-state index contributed by atoms with van der Waals surface area (Å²) in [4.78, 5) is 19.7. The van der Waals surface area contributed by atoms with E-state index in [1.54, 1.807) is 19.2 Å². The smallest absolute Gasteiger partial charge is 0.230 e. The van der Waals surface area contributed by atoms with Crippen LogP contribution < -0.4 is 10.1 Å². The monoisotopic (exact) mass is 359 g/mol. The van der Waals surface area contributed by atoms with E-state index in [4.69, 9.17) is 4.74 Å². The van der Waals surface area contributed by atoms with E-state index in [0.717, 1.165) is 22.3 Å². The SMILES string of the molecule is COc1ccc2nc(SCC(=O)N[C@@H](C)c3ccc(F)cc3)[nH]c2c1. The standard InChI is InChI=1S/C18H18FN3O2S/c1-11(12-3-5-13(19)6-4-12)20-17(23)10-25-18-21-15-8-7-14(24-2)9-16(15)22-18/h3-9,11H,10H2,1-2H3,(H,20,23)(H,21,22)/t11-/m0/s1. The zero-order valence-corrected chi connectivity index (χ0v) is 14.7. The molecule has 5 nitrogen and oxygen atoms in total. The molecule has 1 heterocycles. The van der Waals surface area contributed by atoms with Crippen molar-refractivity contribution in [1.82, 2.24) is 15.3 Å². The van der Waals surface area contributed by atoms with Gasteiger partial charge in [0.1, 0.15) is 11.6 Å². The number of imidazole rings is 1. The minimum absolute atomic E-state index is 0.111. The van der Waals surface area contributed by atoms with Crippen molar-refractivity contribution < 1.29 is 13.9 Å². The Morgan fingerprint density at radius 2 is 2.08 bits per heavy atom. The molecule has 130 valence electrons. The summed E-state index contributed by atoms with van der Waals surface area (Å²) in [5.74, 6) is 0.584. The molecule has 0 saturated carbocycles. The fourth-order valence-electron chi connectivity index (χ4n) is 2.41. The lowest BCUT2D eigenvalue weighted by molar-refractivity contribution is -0.119. The highest BCUT2D eigenvalue weighted by Crippen LogP contribution is 2.23. The second-order valence-electron chi connectivity index (χ2n) is 5.55. The first-order chi connectivity index (χ1) is 12.0. The number of H-pyrrole nitrogens is 1. The third-order valence-electron chi connectivity index (χ3n) is 3.75. The number of hydrogen-bond donors (Lipinski definition) is 2. The van der Waals surface area contributed by atoms with Crippen LogP contribution in [-0.2, 0) is 4.79 Å². The van der Waals surface area contributed by atoms with Gasteiger partial charge in [-0.15, -0.1) is 0 Å². The number of methoxy groups -OCH3 is 1. The number of fused-ring (bicyclic) bond motifs is 1. The molecule has 0 aliphatic carbocycles. The Hall–Kier alpha value is -2.54. The molecule has 0 fully saturated rings. The van der Waals surface area contributed by atoms with Crippen LogP contribution in [0.4, 0.5) is 4.39 Å². The predicted molar refractivity (Wildman–Crippen MR) is 96.3 cm³/mol. The van der Waals surface area contributed by atoms with Crippen molar-refractivity contribution >= 4 is 28.7 Å². The molecular formula is C18H18FN3O2S. The molecule has 3 rings (SSSR count). The minimum atomic E-state index is -0.292. The lowest BCUT2D eigenvalue weighted by atomic mass is 10.1.